The number of thiophene rings is 1. The van der Waals surface area contributed by atoms with Crippen LogP contribution in [0.15, 0.2) is 9.85 Å². The first-order valence-corrected chi connectivity index (χ1v) is 10.3. The number of unbranched alkanes of at least 4 members (excludes halogenated alkanes) is 6. The van der Waals surface area contributed by atoms with Crippen molar-refractivity contribution in [2.75, 3.05) is 6.54 Å². The average Bonchev–Trinajstić information content (AvgIpc) is 2.80. The minimum absolute atomic E-state index is 0.545. The molecule has 1 heterocycles. The molecule has 0 aliphatic carbocycles. The van der Waals surface area contributed by atoms with Crippen LogP contribution in [0.25, 0.3) is 0 Å². The molecule has 21 heavy (non-hydrogen) atoms. The van der Waals surface area contributed by atoms with E-state index < -0.39 is 0 Å². The molecule has 1 nitrogen and oxygen atoms in total. The number of halogens is 1. The average molecular weight is 374 g/mol. The second kappa shape index (κ2) is 11.7. The predicted molar refractivity (Wildman–Crippen MR) is 100 cm³/mol. The summed E-state index contributed by atoms with van der Waals surface area (Å²) < 4.78 is 1.26. The third-order valence-electron chi connectivity index (χ3n) is 4.04. The maximum absolute atomic E-state index is 3.74. The number of hydrogen-bond donors (Lipinski definition) is 1. The lowest BCUT2D eigenvalue weighted by Crippen LogP contribution is -2.22. The Balaban J connectivity index is 2.35. The molecule has 1 aromatic heterocycles. The number of hydrogen-bond acceptors (Lipinski definition) is 2. The fraction of sp³-hybridized carbons (Fsp3) is 0.778. The summed E-state index contributed by atoms with van der Waals surface area (Å²) in [5.74, 6) is 0. The molecule has 1 N–H and O–H groups in total. The Labute approximate surface area is 144 Å². The third kappa shape index (κ3) is 7.80. The Kier molecular flexibility index (Phi) is 10.7. The fourth-order valence-corrected chi connectivity index (χ4v) is 4.57. The second-order valence-corrected chi connectivity index (χ2v) is 8.61. The minimum Gasteiger partial charge on any atom is -0.310 e. The SMILES string of the molecule is CCCCCCCCCC(NCCC)c1cc(Br)sc1C. The van der Waals surface area contributed by atoms with Crippen molar-refractivity contribution in [3.63, 3.8) is 0 Å². The Bertz CT molecular complexity index is 375. The zero-order valence-corrected chi connectivity index (χ0v) is 16.4. The lowest BCUT2D eigenvalue weighted by atomic mass is 10.00. The van der Waals surface area contributed by atoms with E-state index >= 15 is 0 Å². The third-order valence-corrected chi connectivity index (χ3v) is 5.61. The Morgan fingerprint density at radius 2 is 1.71 bits per heavy atom. The fourth-order valence-electron chi connectivity index (χ4n) is 2.80. The summed E-state index contributed by atoms with van der Waals surface area (Å²) in [6.45, 7) is 7.89. The van der Waals surface area contributed by atoms with Gasteiger partial charge in [-0.15, -0.1) is 11.3 Å². The first kappa shape index (κ1) is 19.2. The number of rotatable bonds is 12. The first-order chi connectivity index (χ1) is 10.2. The summed E-state index contributed by atoms with van der Waals surface area (Å²) in [4.78, 5) is 1.46. The molecule has 3 heteroatoms. The quantitative estimate of drug-likeness (QED) is 0.388. The summed E-state index contributed by atoms with van der Waals surface area (Å²) >= 11 is 5.49. The summed E-state index contributed by atoms with van der Waals surface area (Å²) in [5.41, 5.74) is 1.51. The molecule has 122 valence electrons. The van der Waals surface area contributed by atoms with Crippen LogP contribution < -0.4 is 5.32 Å². The molecule has 1 aromatic rings. The Morgan fingerprint density at radius 1 is 1.05 bits per heavy atom. The van der Waals surface area contributed by atoms with Crippen LogP contribution in [-0.4, -0.2) is 6.54 Å². The molecule has 0 fully saturated rings. The largest absolute Gasteiger partial charge is 0.310 e. The highest BCUT2D eigenvalue weighted by Gasteiger charge is 2.15. The van der Waals surface area contributed by atoms with Crippen LogP contribution in [0.1, 0.15) is 88.1 Å². The smallest absolute Gasteiger partial charge is 0.0704 e. The van der Waals surface area contributed by atoms with Gasteiger partial charge in [-0.05, 0) is 53.9 Å². The van der Waals surface area contributed by atoms with E-state index in [1.54, 1.807) is 0 Å². The van der Waals surface area contributed by atoms with E-state index in [-0.39, 0.29) is 0 Å². The van der Waals surface area contributed by atoms with Gasteiger partial charge in [0.05, 0.1) is 3.79 Å². The molecule has 0 amide bonds. The molecule has 1 rings (SSSR count). The van der Waals surface area contributed by atoms with Crippen LogP contribution in [-0.2, 0) is 0 Å². The van der Waals surface area contributed by atoms with Crippen molar-refractivity contribution in [2.24, 2.45) is 0 Å². The maximum atomic E-state index is 3.74. The van der Waals surface area contributed by atoms with Crippen molar-refractivity contribution in [2.45, 2.75) is 84.6 Å². The maximum Gasteiger partial charge on any atom is 0.0704 e. The molecular weight excluding hydrogens is 342 g/mol. The van der Waals surface area contributed by atoms with E-state index in [2.05, 4.69) is 48.1 Å². The van der Waals surface area contributed by atoms with Gasteiger partial charge in [0.25, 0.3) is 0 Å². The van der Waals surface area contributed by atoms with Crippen molar-refractivity contribution in [3.8, 4) is 0 Å². The summed E-state index contributed by atoms with van der Waals surface area (Å²) in [7, 11) is 0. The van der Waals surface area contributed by atoms with E-state index in [1.165, 1.54) is 72.0 Å². The zero-order valence-electron chi connectivity index (χ0n) is 14.0. The number of aryl methyl sites for hydroxylation is 1. The predicted octanol–water partition coefficient (Wildman–Crippen LogP) is 7.00. The van der Waals surface area contributed by atoms with Gasteiger partial charge in [0.1, 0.15) is 0 Å². The van der Waals surface area contributed by atoms with Crippen molar-refractivity contribution in [1.29, 1.82) is 0 Å². The van der Waals surface area contributed by atoms with E-state index in [4.69, 9.17) is 0 Å². The van der Waals surface area contributed by atoms with E-state index in [0.29, 0.717) is 6.04 Å². The molecule has 0 saturated heterocycles. The molecule has 0 bridgehead atoms. The Morgan fingerprint density at radius 3 is 2.29 bits per heavy atom. The van der Waals surface area contributed by atoms with Gasteiger partial charge in [0, 0.05) is 10.9 Å². The summed E-state index contributed by atoms with van der Waals surface area (Å²) in [5, 5.41) is 3.74. The van der Waals surface area contributed by atoms with Gasteiger partial charge in [0.15, 0.2) is 0 Å². The normalized spacial score (nSPS) is 12.8. The van der Waals surface area contributed by atoms with Crippen molar-refractivity contribution in [1.82, 2.24) is 5.32 Å². The lowest BCUT2D eigenvalue weighted by Gasteiger charge is -2.18. The first-order valence-electron chi connectivity index (χ1n) is 8.68. The zero-order chi connectivity index (χ0) is 15.5. The van der Waals surface area contributed by atoms with Gasteiger partial charge in [-0.3, -0.25) is 0 Å². The lowest BCUT2D eigenvalue weighted by molar-refractivity contribution is 0.465. The topological polar surface area (TPSA) is 12.0 Å². The van der Waals surface area contributed by atoms with E-state index in [0.717, 1.165) is 6.54 Å². The van der Waals surface area contributed by atoms with Crippen LogP contribution in [0, 0.1) is 6.92 Å². The highest BCUT2D eigenvalue weighted by atomic mass is 79.9. The molecule has 0 saturated carbocycles. The molecule has 0 spiro atoms. The van der Waals surface area contributed by atoms with Gasteiger partial charge in [0.2, 0.25) is 0 Å². The molecule has 0 radical (unpaired) electrons. The van der Waals surface area contributed by atoms with Gasteiger partial charge >= 0.3 is 0 Å². The monoisotopic (exact) mass is 373 g/mol. The van der Waals surface area contributed by atoms with Gasteiger partial charge in [-0.1, -0.05) is 58.8 Å². The van der Waals surface area contributed by atoms with Crippen molar-refractivity contribution >= 4 is 27.3 Å². The van der Waals surface area contributed by atoms with Crippen molar-refractivity contribution in [3.05, 3.63) is 20.3 Å². The molecule has 0 aliphatic rings. The summed E-state index contributed by atoms with van der Waals surface area (Å²) in [6.07, 6.45) is 12.2. The Hall–Kier alpha value is 0.140. The van der Waals surface area contributed by atoms with Gasteiger partial charge in [-0.25, -0.2) is 0 Å². The van der Waals surface area contributed by atoms with Gasteiger partial charge < -0.3 is 5.32 Å². The molecule has 0 aliphatic heterocycles. The van der Waals surface area contributed by atoms with Crippen LogP contribution in [0.2, 0.25) is 0 Å². The van der Waals surface area contributed by atoms with Crippen molar-refractivity contribution < 1.29 is 0 Å². The van der Waals surface area contributed by atoms with Gasteiger partial charge in [-0.2, -0.15) is 0 Å². The molecule has 1 unspecified atom stereocenters. The van der Waals surface area contributed by atoms with Crippen LogP contribution in [0.5, 0.6) is 0 Å². The summed E-state index contributed by atoms with van der Waals surface area (Å²) in [6, 6.07) is 2.86. The minimum atomic E-state index is 0.545. The highest BCUT2D eigenvalue weighted by molar-refractivity contribution is 9.11. The molecule has 1 atom stereocenters. The number of nitrogens with one attached hydrogen (secondary N) is 1. The van der Waals surface area contributed by atoms with E-state index in [1.807, 2.05) is 11.3 Å². The highest BCUT2D eigenvalue weighted by Crippen LogP contribution is 2.32. The molecule has 0 aromatic carbocycles. The second-order valence-electron chi connectivity index (χ2n) is 5.98. The standard InChI is InChI=1S/C18H32BrNS/c1-4-6-7-8-9-10-11-12-17(20-13-5-2)16-14-18(19)21-15(16)3/h14,17,20H,4-13H2,1-3H3. The van der Waals surface area contributed by atoms with E-state index in [9.17, 15) is 0 Å². The van der Waals surface area contributed by atoms with Crippen LogP contribution in [0.3, 0.4) is 0 Å². The van der Waals surface area contributed by atoms with Crippen LogP contribution in [0.4, 0.5) is 0 Å². The molecular formula is C18H32BrNS. The van der Waals surface area contributed by atoms with Crippen LogP contribution >= 0.6 is 27.3 Å².